The number of likely N-dealkylation sites (N-methyl/N-ethyl adjacent to an activating group) is 1. The van der Waals surface area contributed by atoms with Crippen LogP contribution in [0.1, 0.15) is 28.7 Å². The van der Waals surface area contributed by atoms with Crippen molar-refractivity contribution in [1.29, 1.82) is 0 Å². The molecule has 0 aliphatic heterocycles. The molecule has 3 aromatic rings. The molecular weight excluding hydrogens is 364 g/mol. The van der Waals surface area contributed by atoms with Crippen LogP contribution < -0.4 is 4.74 Å². The van der Waals surface area contributed by atoms with E-state index in [4.69, 9.17) is 4.74 Å². The molecule has 0 aliphatic carbocycles. The van der Waals surface area contributed by atoms with E-state index < -0.39 is 6.10 Å². The second-order valence-corrected chi connectivity index (χ2v) is 7.03. The fraction of sp³-hybridized carbons (Fsp3) is 0.250. The Hall–Kier alpha value is -3.18. The first-order valence-corrected chi connectivity index (χ1v) is 9.59. The van der Waals surface area contributed by atoms with Crippen molar-refractivity contribution in [2.24, 2.45) is 0 Å². The van der Waals surface area contributed by atoms with Crippen LogP contribution in [0.15, 0.2) is 79.1 Å². The molecular formula is C24H26N2O3. The van der Waals surface area contributed by atoms with E-state index in [1.807, 2.05) is 60.7 Å². The molecule has 0 saturated heterocycles. The second kappa shape index (κ2) is 9.85. The summed E-state index contributed by atoms with van der Waals surface area (Å²) < 4.78 is 5.22. The van der Waals surface area contributed by atoms with Gasteiger partial charge in [0.2, 0.25) is 5.91 Å². The predicted molar refractivity (Wildman–Crippen MR) is 113 cm³/mol. The van der Waals surface area contributed by atoms with Crippen LogP contribution in [0.3, 0.4) is 0 Å². The van der Waals surface area contributed by atoms with Gasteiger partial charge in [0.1, 0.15) is 5.75 Å². The lowest BCUT2D eigenvalue weighted by Gasteiger charge is -2.26. The number of amides is 1. The number of ether oxygens (including phenoxy) is 1. The standard InChI is InChI=1S/C24H26N2O3/c1-26(17-23(27)20-9-6-10-21(16-20)29-2)24(28)22(19-7-4-3-5-8-19)15-18-11-13-25-14-12-18/h3-14,16,22-23,27H,15,17H2,1-2H3. The highest BCUT2D eigenvalue weighted by atomic mass is 16.5. The van der Waals surface area contributed by atoms with Crippen molar-refractivity contribution in [3.63, 3.8) is 0 Å². The van der Waals surface area contributed by atoms with Gasteiger partial charge in [0.25, 0.3) is 0 Å². The van der Waals surface area contributed by atoms with Gasteiger partial charge in [0.05, 0.1) is 25.7 Å². The number of aromatic nitrogens is 1. The van der Waals surface area contributed by atoms with Gasteiger partial charge in [0, 0.05) is 19.4 Å². The number of benzene rings is 2. The highest BCUT2D eigenvalue weighted by Crippen LogP contribution is 2.25. The fourth-order valence-corrected chi connectivity index (χ4v) is 3.36. The molecule has 0 spiro atoms. The summed E-state index contributed by atoms with van der Waals surface area (Å²) in [4.78, 5) is 19.0. The van der Waals surface area contributed by atoms with Crippen molar-refractivity contribution in [1.82, 2.24) is 9.88 Å². The lowest BCUT2D eigenvalue weighted by atomic mass is 9.91. The maximum absolute atomic E-state index is 13.3. The van der Waals surface area contributed by atoms with Crippen molar-refractivity contribution in [3.05, 3.63) is 95.8 Å². The molecule has 2 aromatic carbocycles. The van der Waals surface area contributed by atoms with E-state index in [-0.39, 0.29) is 18.4 Å². The molecule has 0 aliphatic rings. The van der Waals surface area contributed by atoms with Crippen molar-refractivity contribution in [2.45, 2.75) is 18.4 Å². The first-order valence-electron chi connectivity index (χ1n) is 9.59. The summed E-state index contributed by atoms with van der Waals surface area (Å²) in [6, 6.07) is 20.9. The number of pyridine rings is 1. The minimum absolute atomic E-state index is 0.0324. The first kappa shape index (κ1) is 20.6. The molecule has 0 bridgehead atoms. The Morgan fingerprint density at radius 2 is 1.72 bits per heavy atom. The fourth-order valence-electron chi connectivity index (χ4n) is 3.36. The second-order valence-electron chi connectivity index (χ2n) is 7.03. The summed E-state index contributed by atoms with van der Waals surface area (Å²) in [6.45, 7) is 0.200. The largest absolute Gasteiger partial charge is 0.497 e. The molecule has 2 unspecified atom stereocenters. The Morgan fingerprint density at radius 3 is 2.41 bits per heavy atom. The normalized spacial score (nSPS) is 12.8. The molecule has 1 N–H and O–H groups in total. The third-order valence-corrected chi connectivity index (χ3v) is 4.99. The van der Waals surface area contributed by atoms with Crippen LogP contribution in [0.2, 0.25) is 0 Å². The Balaban J connectivity index is 1.77. The minimum atomic E-state index is -0.795. The summed E-state index contributed by atoms with van der Waals surface area (Å²) in [5, 5.41) is 10.6. The molecule has 5 nitrogen and oxygen atoms in total. The van der Waals surface area contributed by atoms with Gasteiger partial charge < -0.3 is 14.7 Å². The van der Waals surface area contributed by atoms with Gasteiger partial charge in [0.15, 0.2) is 0 Å². The molecule has 1 heterocycles. The minimum Gasteiger partial charge on any atom is -0.497 e. The zero-order valence-electron chi connectivity index (χ0n) is 16.7. The van der Waals surface area contributed by atoms with E-state index in [9.17, 15) is 9.90 Å². The van der Waals surface area contributed by atoms with Gasteiger partial charge in [-0.1, -0.05) is 42.5 Å². The van der Waals surface area contributed by atoms with Gasteiger partial charge in [-0.05, 0) is 47.4 Å². The summed E-state index contributed by atoms with van der Waals surface area (Å²) in [5.41, 5.74) is 2.72. The maximum Gasteiger partial charge on any atom is 0.230 e. The maximum atomic E-state index is 13.3. The average molecular weight is 390 g/mol. The summed E-state index contributed by atoms with van der Waals surface area (Å²) in [7, 11) is 3.32. The molecule has 5 heteroatoms. The summed E-state index contributed by atoms with van der Waals surface area (Å²) >= 11 is 0. The van der Waals surface area contributed by atoms with Gasteiger partial charge >= 0.3 is 0 Å². The monoisotopic (exact) mass is 390 g/mol. The Bertz CT molecular complexity index is 916. The number of aliphatic hydroxyl groups is 1. The number of hydrogen-bond acceptors (Lipinski definition) is 4. The van der Waals surface area contributed by atoms with Crippen LogP contribution in [0.5, 0.6) is 5.75 Å². The number of carbonyl (C=O) groups excluding carboxylic acids is 1. The highest BCUT2D eigenvalue weighted by molar-refractivity contribution is 5.84. The predicted octanol–water partition coefficient (Wildman–Crippen LogP) is 3.61. The van der Waals surface area contributed by atoms with E-state index in [1.54, 1.807) is 37.5 Å². The van der Waals surface area contributed by atoms with Gasteiger partial charge in [-0.3, -0.25) is 9.78 Å². The molecule has 3 rings (SSSR count). The van der Waals surface area contributed by atoms with Crippen LogP contribution in [0.4, 0.5) is 0 Å². The number of aliphatic hydroxyl groups excluding tert-OH is 1. The molecule has 29 heavy (non-hydrogen) atoms. The summed E-state index contributed by atoms with van der Waals surface area (Å²) in [6.07, 6.45) is 3.25. The van der Waals surface area contributed by atoms with Crippen LogP contribution in [-0.4, -0.2) is 41.6 Å². The van der Waals surface area contributed by atoms with Crippen molar-refractivity contribution >= 4 is 5.91 Å². The number of rotatable bonds is 8. The third kappa shape index (κ3) is 5.42. The van der Waals surface area contributed by atoms with Crippen molar-refractivity contribution in [2.75, 3.05) is 20.7 Å². The SMILES string of the molecule is COc1cccc(C(O)CN(C)C(=O)C(Cc2ccncc2)c2ccccc2)c1. The van der Waals surface area contributed by atoms with Crippen LogP contribution in [-0.2, 0) is 11.2 Å². The average Bonchev–Trinajstić information content (AvgIpc) is 2.78. The van der Waals surface area contributed by atoms with Gasteiger partial charge in [-0.15, -0.1) is 0 Å². The number of methoxy groups -OCH3 is 1. The van der Waals surface area contributed by atoms with E-state index in [0.717, 1.165) is 16.7 Å². The van der Waals surface area contributed by atoms with Crippen LogP contribution in [0, 0.1) is 0 Å². The number of hydrogen-bond donors (Lipinski definition) is 1. The molecule has 0 radical (unpaired) electrons. The zero-order chi connectivity index (χ0) is 20.6. The lowest BCUT2D eigenvalue weighted by Crippen LogP contribution is -2.35. The number of carbonyl (C=O) groups is 1. The summed E-state index contributed by atoms with van der Waals surface area (Å²) in [5.74, 6) is 0.312. The Labute approximate surface area is 171 Å². The first-order chi connectivity index (χ1) is 14.1. The Kier molecular flexibility index (Phi) is 6.98. The molecule has 150 valence electrons. The van der Waals surface area contributed by atoms with E-state index in [1.165, 1.54) is 0 Å². The van der Waals surface area contributed by atoms with Gasteiger partial charge in [-0.25, -0.2) is 0 Å². The smallest absolute Gasteiger partial charge is 0.230 e. The molecule has 1 aromatic heterocycles. The van der Waals surface area contributed by atoms with E-state index in [2.05, 4.69) is 4.98 Å². The zero-order valence-corrected chi connectivity index (χ0v) is 16.7. The van der Waals surface area contributed by atoms with Crippen LogP contribution in [0.25, 0.3) is 0 Å². The molecule has 0 saturated carbocycles. The molecule has 0 fully saturated rings. The van der Waals surface area contributed by atoms with Crippen LogP contribution >= 0.6 is 0 Å². The lowest BCUT2D eigenvalue weighted by molar-refractivity contribution is -0.132. The topological polar surface area (TPSA) is 62.7 Å². The van der Waals surface area contributed by atoms with Gasteiger partial charge in [-0.2, -0.15) is 0 Å². The Morgan fingerprint density at radius 1 is 1.03 bits per heavy atom. The highest BCUT2D eigenvalue weighted by Gasteiger charge is 2.26. The third-order valence-electron chi connectivity index (χ3n) is 4.99. The van der Waals surface area contributed by atoms with Crippen molar-refractivity contribution in [3.8, 4) is 5.75 Å². The van der Waals surface area contributed by atoms with E-state index in [0.29, 0.717) is 12.2 Å². The van der Waals surface area contributed by atoms with E-state index >= 15 is 0 Å². The van der Waals surface area contributed by atoms with Crippen molar-refractivity contribution < 1.29 is 14.6 Å². The molecule has 2 atom stereocenters. The molecule has 1 amide bonds. The quantitative estimate of drug-likeness (QED) is 0.638. The number of nitrogens with zero attached hydrogens (tertiary/aromatic N) is 2.